The number of phenols is 1. The Morgan fingerprint density at radius 3 is 2.23 bits per heavy atom. The lowest BCUT2D eigenvalue weighted by atomic mass is 9.87. The fourth-order valence-electron chi connectivity index (χ4n) is 4.11. The summed E-state index contributed by atoms with van der Waals surface area (Å²) in [4.78, 5) is 35.8. The summed E-state index contributed by atoms with van der Waals surface area (Å²) < 4.78 is 0. The van der Waals surface area contributed by atoms with E-state index in [-0.39, 0.29) is 5.75 Å². The fraction of sp³-hybridized carbons (Fsp3) is 0.333. The summed E-state index contributed by atoms with van der Waals surface area (Å²) in [6.45, 7) is 1.61. The third kappa shape index (κ3) is 3.82. The van der Waals surface area contributed by atoms with Crippen molar-refractivity contribution in [2.24, 2.45) is 0 Å². The minimum atomic E-state index is -0.561. The number of benzene rings is 1. The van der Waals surface area contributed by atoms with E-state index in [1.54, 1.807) is 12.3 Å². The van der Waals surface area contributed by atoms with Crippen LogP contribution >= 0.6 is 0 Å². The molecule has 0 spiro atoms. The predicted octanol–water partition coefficient (Wildman–Crippen LogP) is 2.61. The van der Waals surface area contributed by atoms with E-state index in [4.69, 9.17) is 0 Å². The molecule has 0 radical (unpaired) electrons. The third-order valence-corrected chi connectivity index (χ3v) is 5.81. The van der Waals surface area contributed by atoms with Gasteiger partial charge in [-0.05, 0) is 70.4 Å². The summed E-state index contributed by atoms with van der Waals surface area (Å²) in [5.74, 6) is -0.937. The number of aromatic hydroxyl groups is 1. The lowest BCUT2D eigenvalue weighted by molar-refractivity contribution is -0.111. The summed E-state index contributed by atoms with van der Waals surface area (Å²) in [6, 6.07) is 3.70. The number of nitrogens with zero attached hydrogens (tertiary/aromatic N) is 2. The molecule has 0 saturated carbocycles. The van der Waals surface area contributed by atoms with Gasteiger partial charge in [0.15, 0.2) is 0 Å². The number of aromatic amines is 2. The van der Waals surface area contributed by atoms with Gasteiger partial charge in [0, 0.05) is 47.5 Å². The Morgan fingerprint density at radius 1 is 0.903 bits per heavy atom. The van der Waals surface area contributed by atoms with E-state index < -0.39 is 11.6 Å². The number of H-pyrrole nitrogens is 2. The highest BCUT2D eigenvalue weighted by molar-refractivity contribution is 6.51. The van der Waals surface area contributed by atoms with Gasteiger partial charge in [-0.2, -0.15) is 0 Å². The highest BCUT2D eigenvalue weighted by Crippen LogP contribution is 2.40. The van der Waals surface area contributed by atoms with Crippen LogP contribution in [0, 0.1) is 0 Å². The Hall–Kier alpha value is -3.16. The highest BCUT2D eigenvalue weighted by atomic mass is 16.3. The topological polar surface area (TPSA) is 92.4 Å². The minimum Gasteiger partial charge on any atom is -0.507 e. The van der Waals surface area contributed by atoms with Gasteiger partial charge in [-0.25, -0.2) is 0 Å². The molecule has 0 amide bonds. The molecular weight excluding hydrogens is 392 g/mol. The maximum absolute atomic E-state index is 12.7. The van der Waals surface area contributed by atoms with Gasteiger partial charge in [-0.1, -0.05) is 0 Å². The van der Waals surface area contributed by atoms with Crippen molar-refractivity contribution in [1.29, 1.82) is 0 Å². The van der Waals surface area contributed by atoms with E-state index in [1.807, 2.05) is 45.4 Å². The van der Waals surface area contributed by atoms with Crippen molar-refractivity contribution >= 4 is 28.0 Å². The smallest absolute Gasteiger partial charge is 0.235 e. The Kier molecular flexibility index (Phi) is 5.56. The molecule has 2 heterocycles. The molecule has 0 fully saturated rings. The molecule has 1 aliphatic carbocycles. The standard InChI is InChI=1S/C24H28N4O3/c1-27(2)9-7-14-12-25-18-6-5-16(23(30)20(14)18)17-11-19(29)24(31)21-15(8-10-28(3)4)13-26-22(17)21/h5-6,11-13,25-26,30H,7-10H2,1-4H3. The normalized spacial score (nSPS) is 14.1. The molecule has 1 aromatic carbocycles. The van der Waals surface area contributed by atoms with Crippen molar-refractivity contribution in [2.75, 3.05) is 41.3 Å². The van der Waals surface area contributed by atoms with Gasteiger partial charge in [0.1, 0.15) is 5.75 Å². The number of allylic oxidation sites excluding steroid dienone is 1. The third-order valence-electron chi connectivity index (χ3n) is 5.81. The molecule has 7 nitrogen and oxygen atoms in total. The molecule has 31 heavy (non-hydrogen) atoms. The Morgan fingerprint density at radius 2 is 1.55 bits per heavy atom. The lowest BCUT2D eigenvalue weighted by Gasteiger charge is -2.17. The predicted molar refractivity (Wildman–Crippen MR) is 122 cm³/mol. The number of carbonyl (C=O) groups is 2. The molecule has 2 aromatic heterocycles. The maximum atomic E-state index is 12.7. The van der Waals surface area contributed by atoms with Crippen LogP contribution in [-0.4, -0.2) is 77.7 Å². The van der Waals surface area contributed by atoms with E-state index in [0.29, 0.717) is 28.8 Å². The second-order valence-corrected chi connectivity index (χ2v) is 8.62. The highest BCUT2D eigenvalue weighted by Gasteiger charge is 2.32. The van der Waals surface area contributed by atoms with Gasteiger partial charge >= 0.3 is 0 Å². The number of likely N-dealkylation sites (N-methyl/N-ethyl adjacent to an activating group) is 2. The average molecular weight is 421 g/mol. The van der Waals surface area contributed by atoms with Crippen molar-refractivity contribution in [3.05, 3.63) is 58.6 Å². The number of phenolic OH excluding ortho intramolecular Hbond substituents is 1. The Bertz CT molecular complexity index is 1200. The number of nitrogens with one attached hydrogen (secondary N) is 2. The van der Waals surface area contributed by atoms with Crippen molar-refractivity contribution in [1.82, 2.24) is 19.8 Å². The molecule has 0 saturated heterocycles. The summed E-state index contributed by atoms with van der Waals surface area (Å²) in [5, 5.41) is 12.0. The molecule has 7 heteroatoms. The first-order valence-corrected chi connectivity index (χ1v) is 10.4. The molecule has 3 N–H and O–H groups in total. The van der Waals surface area contributed by atoms with Crippen LogP contribution in [0.2, 0.25) is 0 Å². The molecule has 1 aliphatic rings. The number of rotatable bonds is 7. The summed E-state index contributed by atoms with van der Waals surface area (Å²) in [7, 11) is 7.96. The van der Waals surface area contributed by atoms with E-state index in [0.717, 1.165) is 41.5 Å². The van der Waals surface area contributed by atoms with E-state index >= 15 is 0 Å². The van der Waals surface area contributed by atoms with E-state index in [2.05, 4.69) is 14.9 Å². The van der Waals surface area contributed by atoms with Gasteiger partial charge in [-0.15, -0.1) is 0 Å². The number of aromatic nitrogens is 2. The van der Waals surface area contributed by atoms with Crippen molar-refractivity contribution in [3.63, 3.8) is 0 Å². The van der Waals surface area contributed by atoms with Gasteiger partial charge < -0.3 is 24.9 Å². The second-order valence-electron chi connectivity index (χ2n) is 8.62. The summed E-state index contributed by atoms with van der Waals surface area (Å²) in [6.07, 6.45) is 6.49. The Balaban J connectivity index is 1.80. The minimum absolute atomic E-state index is 0.122. The molecule has 0 aliphatic heterocycles. The van der Waals surface area contributed by atoms with Crippen LogP contribution in [0.1, 0.15) is 32.7 Å². The average Bonchev–Trinajstić information content (AvgIpc) is 3.33. The lowest BCUT2D eigenvalue weighted by Crippen LogP contribution is -2.21. The number of Topliss-reactive ketones (excluding diaryl/α,β-unsaturated/α-hetero) is 1. The maximum Gasteiger partial charge on any atom is 0.235 e. The van der Waals surface area contributed by atoms with Crippen molar-refractivity contribution in [3.8, 4) is 5.75 Å². The van der Waals surface area contributed by atoms with Gasteiger partial charge in [-0.3, -0.25) is 9.59 Å². The number of hydrogen-bond acceptors (Lipinski definition) is 5. The SMILES string of the molecule is CN(C)CCc1c[nH]c2c1C(=O)C(=O)C=C2c1ccc2[nH]cc(CCN(C)C)c2c1O. The summed E-state index contributed by atoms with van der Waals surface area (Å²) >= 11 is 0. The van der Waals surface area contributed by atoms with Crippen LogP contribution in [0.3, 0.4) is 0 Å². The van der Waals surface area contributed by atoms with Crippen LogP contribution < -0.4 is 0 Å². The Labute approximate surface area is 181 Å². The number of ketones is 2. The largest absolute Gasteiger partial charge is 0.507 e. The molecule has 4 rings (SSSR count). The first kappa shape index (κ1) is 21.1. The van der Waals surface area contributed by atoms with Crippen LogP contribution in [-0.2, 0) is 17.6 Å². The first-order chi connectivity index (χ1) is 14.8. The van der Waals surface area contributed by atoms with Crippen molar-refractivity contribution < 1.29 is 14.7 Å². The second kappa shape index (κ2) is 8.17. The van der Waals surface area contributed by atoms with Crippen LogP contribution in [0.15, 0.2) is 30.6 Å². The first-order valence-electron chi connectivity index (χ1n) is 10.4. The molecular formula is C24H28N4O3. The zero-order valence-corrected chi connectivity index (χ0v) is 18.4. The van der Waals surface area contributed by atoms with Gasteiger partial charge in [0.2, 0.25) is 11.6 Å². The van der Waals surface area contributed by atoms with Gasteiger partial charge in [0.05, 0.1) is 11.3 Å². The quantitative estimate of drug-likeness (QED) is 0.511. The molecule has 0 unspecified atom stereocenters. The van der Waals surface area contributed by atoms with Crippen molar-refractivity contribution in [2.45, 2.75) is 12.8 Å². The number of fused-ring (bicyclic) bond motifs is 2. The van der Waals surface area contributed by atoms with Crippen LogP contribution in [0.25, 0.3) is 16.5 Å². The van der Waals surface area contributed by atoms with Gasteiger partial charge in [0.25, 0.3) is 0 Å². The monoisotopic (exact) mass is 420 g/mol. The van der Waals surface area contributed by atoms with Crippen LogP contribution in [0.4, 0.5) is 0 Å². The molecule has 162 valence electrons. The van der Waals surface area contributed by atoms with Crippen LogP contribution in [0.5, 0.6) is 5.75 Å². The molecule has 0 bridgehead atoms. The number of hydrogen-bond donors (Lipinski definition) is 3. The van der Waals surface area contributed by atoms with E-state index in [1.165, 1.54) is 6.08 Å². The zero-order chi connectivity index (χ0) is 22.3. The fourth-order valence-corrected chi connectivity index (χ4v) is 4.11. The zero-order valence-electron chi connectivity index (χ0n) is 18.4. The van der Waals surface area contributed by atoms with E-state index in [9.17, 15) is 14.7 Å². The molecule has 0 atom stereocenters. The molecule has 3 aromatic rings. The number of carbonyl (C=O) groups excluding carboxylic acids is 2. The summed E-state index contributed by atoms with van der Waals surface area (Å²) in [5.41, 5.74) is 4.79.